The maximum absolute atomic E-state index is 12.2. The maximum Gasteiger partial charge on any atom is 0.326 e. The summed E-state index contributed by atoms with van der Waals surface area (Å²) in [5.41, 5.74) is 0.353. The second kappa shape index (κ2) is 6.47. The minimum absolute atomic E-state index is 0.0380. The molecule has 1 aliphatic carbocycles. The van der Waals surface area contributed by atoms with Crippen molar-refractivity contribution in [1.29, 1.82) is 0 Å². The van der Waals surface area contributed by atoms with Crippen molar-refractivity contribution < 1.29 is 24.2 Å². The lowest BCUT2D eigenvalue weighted by Gasteiger charge is -2.15. The fourth-order valence-corrected chi connectivity index (χ4v) is 2.12. The topological polar surface area (TPSA) is 84.9 Å². The molecule has 114 valence electrons. The van der Waals surface area contributed by atoms with Crippen LogP contribution in [0.5, 0.6) is 11.5 Å². The number of aliphatic carboxylic acids is 1. The van der Waals surface area contributed by atoms with E-state index in [1.807, 2.05) is 6.92 Å². The molecule has 1 fully saturated rings. The number of methoxy groups -OCH3 is 1. The Morgan fingerprint density at radius 2 is 2.10 bits per heavy atom. The van der Waals surface area contributed by atoms with Crippen molar-refractivity contribution in [3.63, 3.8) is 0 Å². The molecule has 1 aromatic carbocycles. The molecule has 2 N–H and O–H groups in total. The molecule has 6 nitrogen and oxygen atoms in total. The van der Waals surface area contributed by atoms with Gasteiger partial charge < -0.3 is 19.9 Å². The second-order valence-electron chi connectivity index (χ2n) is 4.93. The van der Waals surface area contributed by atoms with Crippen LogP contribution in [0.4, 0.5) is 0 Å². The Morgan fingerprint density at radius 1 is 1.38 bits per heavy atom. The number of ether oxygens (including phenoxy) is 2. The van der Waals surface area contributed by atoms with Gasteiger partial charge in [0, 0.05) is 5.56 Å². The van der Waals surface area contributed by atoms with Crippen LogP contribution in [0.3, 0.4) is 0 Å². The second-order valence-corrected chi connectivity index (χ2v) is 4.93. The summed E-state index contributed by atoms with van der Waals surface area (Å²) in [6.45, 7) is 2.28. The minimum Gasteiger partial charge on any atom is -0.493 e. The van der Waals surface area contributed by atoms with Gasteiger partial charge in [0.1, 0.15) is 6.04 Å². The van der Waals surface area contributed by atoms with Gasteiger partial charge in [0.15, 0.2) is 11.5 Å². The molecule has 1 aromatic rings. The standard InChI is InChI=1S/C15H19NO5/c1-3-21-12-8-10(6-7-11(12)20-2)14(17)16-13(15(18)19)9-4-5-9/h6-9,13H,3-5H2,1-2H3,(H,16,17)(H,18,19). The molecule has 0 spiro atoms. The lowest BCUT2D eigenvalue weighted by molar-refractivity contribution is -0.139. The van der Waals surface area contributed by atoms with Crippen molar-refractivity contribution in [2.75, 3.05) is 13.7 Å². The Balaban J connectivity index is 2.14. The summed E-state index contributed by atoms with van der Waals surface area (Å²) in [5, 5.41) is 11.7. The summed E-state index contributed by atoms with van der Waals surface area (Å²) >= 11 is 0. The van der Waals surface area contributed by atoms with Gasteiger partial charge in [-0.25, -0.2) is 4.79 Å². The summed E-state index contributed by atoms with van der Waals surface area (Å²) in [6.07, 6.45) is 1.67. The van der Waals surface area contributed by atoms with E-state index in [0.29, 0.717) is 23.7 Å². The van der Waals surface area contributed by atoms with Crippen molar-refractivity contribution in [2.45, 2.75) is 25.8 Å². The highest BCUT2D eigenvalue weighted by atomic mass is 16.5. The average Bonchev–Trinajstić information content (AvgIpc) is 3.29. The first-order valence-electron chi connectivity index (χ1n) is 6.91. The molecular weight excluding hydrogens is 274 g/mol. The molecule has 0 aliphatic heterocycles. The SMILES string of the molecule is CCOc1cc(C(=O)NC(C(=O)O)C2CC2)ccc1OC. The molecule has 0 aromatic heterocycles. The van der Waals surface area contributed by atoms with E-state index in [-0.39, 0.29) is 5.92 Å². The highest BCUT2D eigenvalue weighted by Gasteiger charge is 2.37. The molecule has 6 heteroatoms. The first-order chi connectivity index (χ1) is 10.1. The number of hydrogen-bond acceptors (Lipinski definition) is 4. The van der Waals surface area contributed by atoms with Gasteiger partial charge in [-0.1, -0.05) is 0 Å². The van der Waals surface area contributed by atoms with Gasteiger partial charge in [-0.05, 0) is 43.9 Å². The third-order valence-corrected chi connectivity index (χ3v) is 3.37. The highest BCUT2D eigenvalue weighted by molar-refractivity contribution is 5.97. The number of hydrogen-bond donors (Lipinski definition) is 2. The van der Waals surface area contributed by atoms with E-state index in [9.17, 15) is 9.59 Å². The van der Waals surface area contributed by atoms with Crippen LogP contribution in [0.1, 0.15) is 30.1 Å². The molecule has 0 heterocycles. The van der Waals surface area contributed by atoms with Gasteiger partial charge in [0.05, 0.1) is 13.7 Å². The van der Waals surface area contributed by atoms with E-state index in [0.717, 1.165) is 12.8 Å². The van der Waals surface area contributed by atoms with Crippen LogP contribution in [0, 0.1) is 5.92 Å². The van der Waals surface area contributed by atoms with Crippen molar-refractivity contribution >= 4 is 11.9 Å². The van der Waals surface area contributed by atoms with Crippen molar-refractivity contribution in [3.05, 3.63) is 23.8 Å². The Labute approximate surface area is 123 Å². The number of carboxylic acid groups (broad SMARTS) is 1. The number of rotatable bonds is 7. The molecular formula is C15H19NO5. The Morgan fingerprint density at radius 3 is 2.62 bits per heavy atom. The summed E-state index contributed by atoms with van der Waals surface area (Å²) in [4.78, 5) is 23.3. The van der Waals surface area contributed by atoms with E-state index >= 15 is 0 Å². The third kappa shape index (κ3) is 3.65. The first kappa shape index (κ1) is 15.2. The molecule has 0 radical (unpaired) electrons. The molecule has 1 aliphatic rings. The predicted molar refractivity (Wildman–Crippen MR) is 75.8 cm³/mol. The van der Waals surface area contributed by atoms with E-state index in [1.54, 1.807) is 18.2 Å². The van der Waals surface area contributed by atoms with Crippen LogP contribution in [-0.4, -0.2) is 36.7 Å². The van der Waals surface area contributed by atoms with Crippen LogP contribution in [0.2, 0.25) is 0 Å². The summed E-state index contributed by atoms with van der Waals surface area (Å²) in [7, 11) is 1.52. The Bertz CT molecular complexity index is 539. The van der Waals surface area contributed by atoms with Crippen LogP contribution in [0.15, 0.2) is 18.2 Å². The van der Waals surface area contributed by atoms with E-state index in [2.05, 4.69) is 5.32 Å². The van der Waals surface area contributed by atoms with E-state index in [1.165, 1.54) is 7.11 Å². The molecule has 1 unspecified atom stereocenters. The Kier molecular flexibility index (Phi) is 4.67. The highest BCUT2D eigenvalue weighted by Crippen LogP contribution is 2.33. The van der Waals surface area contributed by atoms with Gasteiger partial charge in [-0.3, -0.25) is 4.79 Å². The quantitative estimate of drug-likeness (QED) is 0.799. The lowest BCUT2D eigenvalue weighted by Crippen LogP contribution is -2.42. The molecule has 1 saturated carbocycles. The number of carboxylic acids is 1. The van der Waals surface area contributed by atoms with E-state index in [4.69, 9.17) is 14.6 Å². The number of nitrogens with one attached hydrogen (secondary N) is 1. The van der Waals surface area contributed by atoms with E-state index < -0.39 is 17.9 Å². The smallest absolute Gasteiger partial charge is 0.326 e. The Hall–Kier alpha value is -2.24. The van der Waals surface area contributed by atoms with Crippen molar-refractivity contribution in [1.82, 2.24) is 5.32 Å². The van der Waals surface area contributed by atoms with Gasteiger partial charge in [-0.2, -0.15) is 0 Å². The number of benzene rings is 1. The molecule has 0 bridgehead atoms. The normalized spacial score (nSPS) is 15.1. The number of carbonyl (C=O) groups excluding carboxylic acids is 1. The predicted octanol–water partition coefficient (Wildman–Crippen LogP) is 1.69. The zero-order chi connectivity index (χ0) is 15.4. The van der Waals surface area contributed by atoms with Crippen LogP contribution in [0.25, 0.3) is 0 Å². The van der Waals surface area contributed by atoms with Crippen molar-refractivity contribution in [3.8, 4) is 11.5 Å². The monoisotopic (exact) mass is 293 g/mol. The lowest BCUT2D eigenvalue weighted by atomic mass is 10.1. The summed E-state index contributed by atoms with van der Waals surface area (Å²) in [5.74, 6) is -0.380. The number of carbonyl (C=O) groups is 2. The maximum atomic E-state index is 12.2. The fraction of sp³-hybridized carbons (Fsp3) is 0.467. The van der Waals surface area contributed by atoms with Gasteiger partial charge in [-0.15, -0.1) is 0 Å². The zero-order valence-corrected chi connectivity index (χ0v) is 12.1. The average molecular weight is 293 g/mol. The summed E-state index contributed by atoms with van der Waals surface area (Å²) in [6, 6.07) is 3.95. The van der Waals surface area contributed by atoms with Gasteiger partial charge in [0.2, 0.25) is 0 Å². The largest absolute Gasteiger partial charge is 0.493 e. The summed E-state index contributed by atoms with van der Waals surface area (Å²) < 4.78 is 10.6. The van der Waals surface area contributed by atoms with Crippen molar-refractivity contribution in [2.24, 2.45) is 5.92 Å². The molecule has 21 heavy (non-hydrogen) atoms. The molecule has 0 saturated heterocycles. The molecule has 1 atom stereocenters. The minimum atomic E-state index is -0.996. The molecule has 2 rings (SSSR count). The van der Waals surface area contributed by atoms with Gasteiger partial charge >= 0.3 is 5.97 Å². The van der Waals surface area contributed by atoms with Crippen LogP contribution in [-0.2, 0) is 4.79 Å². The van der Waals surface area contributed by atoms with Gasteiger partial charge in [0.25, 0.3) is 5.91 Å². The molecule has 1 amide bonds. The third-order valence-electron chi connectivity index (χ3n) is 3.37. The number of amides is 1. The van der Waals surface area contributed by atoms with Crippen LogP contribution < -0.4 is 14.8 Å². The first-order valence-corrected chi connectivity index (χ1v) is 6.91. The zero-order valence-electron chi connectivity index (χ0n) is 12.1. The fourth-order valence-electron chi connectivity index (χ4n) is 2.12. The van der Waals surface area contributed by atoms with Crippen LogP contribution >= 0.6 is 0 Å².